The second kappa shape index (κ2) is 5.01. The highest BCUT2D eigenvalue weighted by atomic mass is 35.5. The fourth-order valence-corrected chi connectivity index (χ4v) is 1.44. The molecule has 76 valence electrons. The molecule has 1 aromatic rings. The van der Waals surface area contributed by atoms with Gasteiger partial charge >= 0.3 is 0 Å². The predicted octanol–water partition coefficient (Wildman–Crippen LogP) is 2.16. The van der Waals surface area contributed by atoms with Crippen LogP contribution in [0, 0.1) is 6.92 Å². The summed E-state index contributed by atoms with van der Waals surface area (Å²) in [6.45, 7) is 4.10. The molecule has 0 atom stereocenters. The summed E-state index contributed by atoms with van der Waals surface area (Å²) >= 11 is 0. The summed E-state index contributed by atoms with van der Waals surface area (Å²) in [6, 6.07) is 8.47. The van der Waals surface area contributed by atoms with E-state index in [0.29, 0.717) is 0 Å². The number of hydrogen-bond acceptors (Lipinski definition) is 2. The lowest BCUT2D eigenvalue weighted by atomic mass is 10.1. The topological polar surface area (TPSA) is 24.4 Å². The average Bonchev–Trinajstić information content (AvgIpc) is 2.20. The van der Waals surface area contributed by atoms with E-state index >= 15 is 0 Å². The third-order valence-electron chi connectivity index (χ3n) is 2.22. The molecular formula is C11H15ClN2. The Labute approximate surface area is 90.8 Å². The average molecular weight is 211 g/mol. The predicted molar refractivity (Wildman–Crippen MR) is 62.5 cm³/mol. The van der Waals surface area contributed by atoms with Gasteiger partial charge in [-0.25, -0.2) is 0 Å². The van der Waals surface area contributed by atoms with Crippen LogP contribution in [0.25, 0.3) is 0 Å². The van der Waals surface area contributed by atoms with Gasteiger partial charge in [0.1, 0.15) is 5.84 Å². The zero-order chi connectivity index (χ0) is 9.10. The normalized spacial score (nSPS) is 15.1. The number of aryl methyl sites for hydroxylation is 1. The van der Waals surface area contributed by atoms with Gasteiger partial charge in [0.2, 0.25) is 0 Å². The van der Waals surface area contributed by atoms with Gasteiger partial charge in [-0.3, -0.25) is 4.99 Å². The Morgan fingerprint density at radius 3 is 2.50 bits per heavy atom. The monoisotopic (exact) mass is 210 g/mol. The Morgan fingerprint density at radius 1 is 1.21 bits per heavy atom. The first-order valence-corrected chi connectivity index (χ1v) is 4.71. The van der Waals surface area contributed by atoms with Gasteiger partial charge in [0.15, 0.2) is 0 Å². The molecule has 1 aliphatic heterocycles. The van der Waals surface area contributed by atoms with Crippen molar-refractivity contribution in [1.82, 2.24) is 5.32 Å². The Kier molecular flexibility index (Phi) is 3.96. The van der Waals surface area contributed by atoms with Gasteiger partial charge in [-0.15, -0.1) is 12.4 Å². The van der Waals surface area contributed by atoms with Crippen LogP contribution in [0.3, 0.4) is 0 Å². The number of benzene rings is 1. The molecule has 2 rings (SSSR count). The third kappa shape index (κ3) is 2.48. The fraction of sp³-hybridized carbons (Fsp3) is 0.364. The highest BCUT2D eigenvalue weighted by Crippen LogP contribution is 2.05. The molecule has 0 aliphatic carbocycles. The van der Waals surface area contributed by atoms with E-state index in [1.807, 2.05) is 0 Å². The number of nitrogens with zero attached hydrogens (tertiary/aromatic N) is 1. The van der Waals surface area contributed by atoms with E-state index < -0.39 is 0 Å². The fourth-order valence-electron chi connectivity index (χ4n) is 1.44. The first kappa shape index (κ1) is 11.1. The Morgan fingerprint density at radius 2 is 1.93 bits per heavy atom. The van der Waals surface area contributed by atoms with Crippen molar-refractivity contribution in [3.8, 4) is 0 Å². The third-order valence-corrected chi connectivity index (χ3v) is 2.22. The molecule has 0 fully saturated rings. The van der Waals surface area contributed by atoms with Gasteiger partial charge in [0, 0.05) is 18.7 Å². The molecule has 0 saturated carbocycles. The molecule has 1 aromatic carbocycles. The highest BCUT2D eigenvalue weighted by molar-refractivity contribution is 5.99. The first-order chi connectivity index (χ1) is 6.36. The van der Waals surface area contributed by atoms with Crippen LogP contribution in [0.15, 0.2) is 29.3 Å². The molecule has 1 aliphatic rings. The second-order valence-electron chi connectivity index (χ2n) is 3.38. The van der Waals surface area contributed by atoms with Crippen LogP contribution in [0.5, 0.6) is 0 Å². The molecule has 0 amide bonds. The maximum absolute atomic E-state index is 4.43. The van der Waals surface area contributed by atoms with Gasteiger partial charge in [0.05, 0.1) is 0 Å². The van der Waals surface area contributed by atoms with Gasteiger partial charge in [-0.2, -0.15) is 0 Å². The summed E-state index contributed by atoms with van der Waals surface area (Å²) in [5, 5.41) is 3.30. The molecule has 0 aromatic heterocycles. The van der Waals surface area contributed by atoms with E-state index in [2.05, 4.69) is 41.5 Å². The summed E-state index contributed by atoms with van der Waals surface area (Å²) < 4.78 is 0. The van der Waals surface area contributed by atoms with Crippen LogP contribution >= 0.6 is 12.4 Å². The quantitative estimate of drug-likeness (QED) is 0.755. The number of aliphatic imine (C=N–C) groups is 1. The molecule has 1 heterocycles. The van der Waals surface area contributed by atoms with Crippen LogP contribution in [-0.4, -0.2) is 18.9 Å². The lowest BCUT2D eigenvalue weighted by molar-refractivity contribution is 0.742. The number of amidine groups is 1. The smallest absolute Gasteiger partial charge is 0.128 e. The molecule has 0 saturated heterocycles. The minimum atomic E-state index is 0. The summed E-state index contributed by atoms with van der Waals surface area (Å²) in [6.07, 6.45) is 1.15. The van der Waals surface area contributed by atoms with Crippen LogP contribution in [0.1, 0.15) is 17.5 Å². The van der Waals surface area contributed by atoms with Gasteiger partial charge in [-0.1, -0.05) is 29.8 Å². The number of halogens is 1. The number of hydrogen-bond donors (Lipinski definition) is 1. The lowest BCUT2D eigenvalue weighted by Crippen LogP contribution is -2.30. The summed E-state index contributed by atoms with van der Waals surface area (Å²) in [4.78, 5) is 4.43. The van der Waals surface area contributed by atoms with Crippen molar-refractivity contribution in [1.29, 1.82) is 0 Å². The molecule has 2 nitrogen and oxygen atoms in total. The van der Waals surface area contributed by atoms with E-state index in [9.17, 15) is 0 Å². The molecule has 0 spiro atoms. The van der Waals surface area contributed by atoms with E-state index in [4.69, 9.17) is 0 Å². The number of nitrogens with one attached hydrogen (secondary N) is 1. The molecule has 1 N–H and O–H groups in total. The van der Waals surface area contributed by atoms with E-state index in [1.165, 1.54) is 11.1 Å². The van der Waals surface area contributed by atoms with Crippen molar-refractivity contribution in [3.63, 3.8) is 0 Å². The van der Waals surface area contributed by atoms with Crippen LogP contribution in [-0.2, 0) is 0 Å². The van der Waals surface area contributed by atoms with E-state index in [-0.39, 0.29) is 12.4 Å². The van der Waals surface area contributed by atoms with Crippen molar-refractivity contribution < 1.29 is 0 Å². The van der Waals surface area contributed by atoms with Crippen molar-refractivity contribution in [3.05, 3.63) is 35.4 Å². The van der Waals surface area contributed by atoms with Gasteiger partial charge < -0.3 is 5.32 Å². The SMILES string of the molecule is Cc1ccc(C2=NCCCN2)cc1.Cl. The van der Waals surface area contributed by atoms with Crippen molar-refractivity contribution >= 4 is 18.2 Å². The standard InChI is InChI=1S/C11H14N2.ClH/c1-9-3-5-10(6-4-9)11-12-7-2-8-13-11;/h3-6H,2,7-8H2,1H3,(H,12,13);1H. The largest absolute Gasteiger partial charge is 0.370 e. The van der Waals surface area contributed by atoms with Crippen molar-refractivity contribution in [2.75, 3.05) is 13.1 Å². The lowest BCUT2D eigenvalue weighted by Gasteiger charge is -2.14. The second-order valence-corrected chi connectivity index (χ2v) is 3.38. The Hall–Kier alpha value is -1.02. The molecule has 14 heavy (non-hydrogen) atoms. The van der Waals surface area contributed by atoms with Gasteiger partial charge in [0.25, 0.3) is 0 Å². The molecule has 0 unspecified atom stereocenters. The van der Waals surface area contributed by atoms with Crippen LogP contribution < -0.4 is 5.32 Å². The highest BCUT2D eigenvalue weighted by Gasteiger charge is 2.05. The maximum Gasteiger partial charge on any atom is 0.128 e. The Bertz CT molecular complexity index is 317. The van der Waals surface area contributed by atoms with Crippen LogP contribution in [0.2, 0.25) is 0 Å². The van der Waals surface area contributed by atoms with Gasteiger partial charge in [-0.05, 0) is 13.3 Å². The van der Waals surface area contributed by atoms with E-state index in [1.54, 1.807) is 0 Å². The molecule has 0 radical (unpaired) electrons. The Balaban J connectivity index is 0.000000980. The number of rotatable bonds is 1. The molecule has 0 bridgehead atoms. The minimum absolute atomic E-state index is 0. The molecular weight excluding hydrogens is 196 g/mol. The van der Waals surface area contributed by atoms with E-state index in [0.717, 1.165) is 25.3 Å². The molecule has 3 heteroatoms. The maximum atomic E-state index is 4.43. The summed E-state index contributed by atoms with van der Waals surface area (Å²) in [5.74, 6) is 1.05. The minimum Gasteiger partial charge on any atom is -0.370 e. The van der Waals surface area contributed by atoms with Crippen LogP contribution in [0.4, 0.5) is 0 Å². The summed E-state index contributed by atoms with van der Waals surface area (Å²) in [5.41, 5.74) is 2.49. The zero-order valence-corrected chi connectivity index (χ0v) is 9.10. The van der Waals surface area contributed by atoms with Crippen molar-refractivity contribution in [2.45, 2.75) is 13.3 Å². The summed E-state index contributed by atoms with van der Waals surface area (Å²) in [7, 11) is 0. The zero-order valence-electron chi connectivity index (χ0n) is 8.29. The first-order valence-electron chi connectivity index (χ1n) is 4.71. The van der Waals surface area contributed by atoms with Crippen molar-refractivity contribution in [2.24, 2.45) is 4.99 Å².